The highest BCUT2D eigenvalue weighted by molar-refractivity contribution is 7.90. The Morgan fingerprint density at radius 2 is 1.95 bits per heavy atom. The Hall–Kier alpha value is -1.42. The summed E-state index contributed by atoms with van der Waals surface area (Å²) in [7, 11) is -2.94. The maximum Gasteiger partial charge on any atom is 0.222 e. The van der Waals surface area contributed by atoms with E-state index in [0.29, 0.717) is 38.8 Å². The van der Waals surface area contributed by atoms with Gasteiger partial charge in [-0.15, -0.1) is 12.3 Å². The van der Waals surface area contributed by atoms with Crippen LogP contribution < -0.4 is 0 Å². The average Bonchev–Trinajstić information content (AvgIpc) is 3.22. The molecule has 2 aliphatic rings. The van der Waals surface area contributed by atoms with Crippen molar-refractivity contribution in [1.82, 2.24) is 4.90 Å². The third-order valence-electron chi connectivity index (χ3n) is 4.30. The number of terminal acetylenes is 1. The van der Waals surface area contributed by atoms with E-state index in [9.17, 15) is 13.2 Å². The Labute approximate surface area is 132 Å². The van der Waals surface area contributed by atoms with Gasteiger partial charge in [0.2, 0.25) is 5.91 Å². The molecule has 1 amide bonds. The van der Waals surface area contributed by atoms with Crippen molar-refractivity contribution in [1.29, 1.82) is 0 Å². The molecule has 6 nitrogen and oxygen atoms in total. The lowest BCUT2D eigenvalue weighted by molar-refractivity contribution is -0.132. The third-order valence-corrected chi connectivity index (χ3v) is 5.37. The minimum Gasteiger partial charge on any atom is -0.343 e. The molecule has 2 heterocycles. The van der Waals surface area contributed by atoms with Gasteiger partial charge in [-0.25, -0.2) is 8.42 Å². The van der Waals surface area contributed by atoms with E-state index in [4.69, 9.17) is 6.42 Å². The first-order valence-electron chi connectivity index (χ1n) is 7.67. The predicted molar refractivity (Wildman–Crippen MR) is 83.9 cm³/mol. The molecule has 0 saturated carbocycles. The zero-order valence-electron chi connectivity index (χ0n) is 13.0. The van der Waals surface area contributed by atoms with Gasteiger partial charge >= 0.3 is 0 Å². The minimum atomic E-state index is -2.94. The lowest BCUT2D eigenvalue weighted by atomic mass is 9.97. The van der Waals surface area contributed by atoms with Gasteiger partial charge in [0.25, 0.3) is 0 Å². The zero-order chi connectivity index (χ0) is 16.2. The maximum atomic E-state index is 12.2. The molecule has 0 aromatic carbocycles. The number of hydrogen-bond acceptors (Lipinski definition) is 5. The molecule has 2 rings (SSSR count). The number of carbonyl (C=O) groups excluding carboxylic acids is 1. The standard InChI is InChI=1S/C15H23N3O3S/c1-3-4-8-15(16-17-15)9-5-14(19)18-10-6-13(7-11-18)12-22(2,20)21/h1,13H,4-12H2,2H3. The normalized spacial score (nSPS) is 20.6. The van der Waals surface area contributed by atoms with E-state index in [0.717, 1.165) is 12.8 Å². The molecule has 0 atom stereocenters. The van der Waals surface area contributed by atoms with E-state index in [2.05, 4.69) is 16.1 Å². The molecule has 0 radical (unpaired) electrons. The smallest absolute Gasteiger partial charge is 0.222 e. The zero-order valence-corrected chi connectivity index (χ0v) is 13.8. The summed E-state index contributed by atoms with van der Waals surface area (Å²) in [4.78, 5) is 14.1. The largest absolute Gasteiger partial charge is 0.343 e. The Kier molecular flexibility index (Phi) is 5.22. The Morgan fingerprint density at radius 3 is 2.45 bits per heavy atom. The minimum absolute atomic E-state index is 0.107. The van der Waals surface area contributed by atoms with Crippen molar-refractivity contribution < 1.29 is 13.2 Å². The summed E-state index contributed by atoms with van der Waals surface area (Å²) >= 11 is 0. The molecule has 1 saturated heterocycles. The summed E-state index contributed by atoms with van der Waals surface area (Å²) in [5.74, 6) is 3.08. The van der Waals surface area contributed by atoms with Gasteiger partial charge in [-0.3, -0.25) is 4.79 Å². The Balaban J connectivity index is 1.71. The fourth-order valence-electron chi connectivity index (χ4n) is 2.91. The Morgan fingerprint density at radius 1 is 1.32 bits per heavy atom. The number of sulfone groups is 1. The molecular formula is C15H23N3O3S. The molecule has 0 unspecified atom stereocenters. The van der Waals surface area contributed by atoms with Crippen molar-refractivity contribution in [3.8, 4) is 12.3 Å². The number of piperidine rings is 1. The van der Waals surface area contributed by atoms with E-state index in [1.54, 1.807) is 0 Å². The number of nitrogens with zero attached hydrogens (tertiary/aromatic N) is 3. The van der Waals surface area contributed by atoms with E-state index in [1.165, 1.54) is 6.26 Å². The highest BCUT2D eigenvalue weighted by Gasteiger charge is 2.39. The topological polar surface area (TPSA) is 79.2 Å². The van der Waals surface area contributed by atoms with Gasteiger partial charge in [-0.2, -0.15) is 10.2 Å². The molecule has 22 heavy (non-hydrogen) atoms. The quantitative estimate of drug-likeness (QED) is 0.667. The summed E-state index contributed by atoms with van der Waals surface area (Å²) < 4.78 is 22.6. The molecule has 0 N–H and O–H groups in total. The van der Waals surface area contributed by atoms with Gasteiger partial charge in [0.05, 0.1) is 5.75 Å². The molecular weight excluding hydrogens is 302 g/mol. The van der Waals surface area contributed by atoms with Crippen LogP contribution in [-0.2, 0) is 14.6 Å². The number of carbonyl (C=O) groups is 1. The van der Waals surface area contributed by atoms with Crippen molar-refractivity contribution in [3.05, 3.63) is 0 Å². The van der Waals surface area contributed by atoms with Crippen LogP contribution in [0.4, 0.5) is 0 Å². The van der Waals surface area contributed by atoms with Gasteiger partial charge in [0.1, 0.15) is 9.84 Å². The van der Waals surface area contributed by atoms with Crippen LogP contribution in [0.15, 0.2) is 10.2 Å². The number of likely N-dealkylation sites (tertiary alicyclic amines) is 1. The maximum absolute atomic E-state index is 12.2. The van der Waals surface area contributed by atoms with Crippen LogP contribution in [0.2, 0.25) is 0 Å². The molecule has 0 spiro atoms. The van der Waals surface area contributed by atoms with Crippen molar-refractivity contribution in [2.24, 2.45) is 16.1 Å². The molecule has 0 aliphatic carbocycles. The molecule has 0 aromatic rings. The molecule has 2 aliphatic heterocycles. The SMILES string of the molecule is C#CCCC1(CCC(=O)N2CCC(CS(C)(=O)=O)CC2)N=N1. The van der Waals surface area contributed by atoms with Crippen molar-refractivity contribution >= 4 is 15.7 Å². The second-order valence-corrected chi connectivity index (χ2v) is 8.49. The summed E-state index contributed by atoms with van der Waals surface area (Å²) in [6.07, 6.45) is 10.4. The predicted octanol–water partition coefficient (Wildman–Crippen LogP) is 1.63. The molecule has 0 aromatic heterocycles. The summed E-state index contributed by atoms with van der Waals surface area (Å²) in [6, 6.07) is 0. The van der Waals surface area contributed by atoms with Crippen molar-refractivity contribution in [2.75, 3.05) is 25.1 Å². The van der Waals surface area contributed by atoms with Crippen molar-refractivity contribution in [3.63, 3.8) is 0 Å². The number of hydrogen-bond donors (Lipinski definition) is 0. The molecule has 7 heteroatoms. The van der Waals surface area contributed by atoms with Gasteiger partial charge in [0.15, 0.2) is 5.66 Å². The van der Waals surface area contributed by atoms with E-state index in [-0.39, 0.29) is 17.6 Å². The van der Waals surface area contributed by atoms with Crippen molar-refractivity contribution in [2.45, 2.75) is 44.2 Å². The third kappa shape index (κ3) is 5.09. The second-order valence-electron chi connectivity index (χ2n) is 6.30. The second kappa shape index (κ2) is 6.78. The van der Waals surface area contributed by atoms with E-state index < -0.39 is 15.5 Å². The first kappa shape index (κ1) is 16.9. The number of rotatable bonds is 7. The summed E-state index contributed by atoms with van der Waals surface area (Å²) in [5, 5.41) is 8.07. The van der Waals surface area contributed by atoms with Crippen LogP contribution >= 0.6 is 0 Å². The van der Waals surface area contributed by atoms with Gasteiger partial charge < -0.3 is 4.90 Å². The lowest BCUT2D eigenvalue weighted by Gasteiger charge is -2.32. The van der Waals surface area contributed by atoms with Gasteiger partial charge in [0, 0.05) is 45.0 Å². The summed E-state index contributed by atoms with van der Waals surface area (Å²) in [6.45, 7) is 1.29. The Bertz CT molecular complexity index is 578. The van der Waals surface area contributed by atoms with Crippen LogP contribution in [0.25, 0.3) is 0 Å². The first-order chi connectivity index (χ1) is 10.3. The van der Waals surface area contributed by atoms with Gasteiger partial charge in [-0.1, -0.05) is 0 Å². The van der Waals surface area contributed by atoms with Crippen LogP contribution in [0.3, 0.4) is 0 Å². The highest BCUT2D eigenvalue weighted by Crippen LogP contribution is 2.37. The van der Waals surface area contributed by atoms with Gasteiger partial charge in [-0.05, 0) is 18.8 Å². The van der Waals surface area contributed by atoms with Crippen LogP contribution in [0.5, 0.6) is 0 Å². The highest BCUT2D eigenvalue weighted by atomic mass is 32.2. The lowest BCUT2D eigenvalue weighted by Crippen LogP contribution is -2.40. The fourth-order valence-corrected chi connectivity index (χ4v) is 4.10. The molecule has 122 valence electrons. The monoisotopic (exact) mass is 325 g/mol. The van der Waals surface area contributed by atoms with E-state index >= 15 is 0 Å². The molecule has 0 bridgehead atoms. The number of amides is 1. The first-order valence-corrected chi connectivity index (χ1v) is 9.73. The average molecular weight is 325 g/mol. The fraction of sp³-hybridized carbons (Fsp3) is 0.800. The van der Waals surface area contributed by atoms with Crippen LogP contribution in [0.1, 0.15) is 38.5 Å². The van der Waals surface area contributed by atoms with Crippen LogP contribution in [-0.4, -0.2) is 50.0 Å². The van der Waals surface area contributed by atoms with Crippen LogP contribution in [0, 0.1) is 18.3 Å². The molecule has 1 fully saturated rings. The van der Waals surface area contributed by atoms with E-state index in [1.807, 2.05) is 4.90 Å². The summed E-state index contributed by atoms with van der Waals surface area (Å²) in [5.41, 5.74) is -0.406.